The maximum atomic E-state index is 13.0. The summed E-state index contributed by atoms with van der Waals surface area (Å²) in [6, 6.07) is 9.97. The van der Waals surface area contributed by atoms with E-state index in [1.54, 1.807) is 18.2 Å². The third kappa shape index (κ3) is 4.61. The molecule has 6 nitrogen and oxygen atoms in total. The van der Waals surface area contributed by atoms with Gasteiger partial charge in [0.2, 0.25) is 6.41 Å². The molecular formula is C21H22FN3O3. The van der Waals surface area contributed by atoms with Crippen molar-refractivity contribution < 1.29 is 18.8 Å². The zero-order valence-corrected chi connectivity index (χ0v) is 15.6. The van der Waals surface area contributed by atoms with E-state index in [2.05, 4.69) is 15.5 Å². The fourth-order valence-corrected chi connectivity index (χ4v) is 3.31. The van der Waals surface area contributed by atoms with Crippen molar-refractivity contribution in [3.63, 3.8) is 0 Å². The second-order valence-corrected chi connectivity index (χ2v) is 6.93. The van der Waals surface area contributed by atoms with E-state index in [0.717, 1.165) is 25.9 Å². The molecule has 1 heterocycles. The highest BCUT2D eigenvalue weighted by Gasteiger charge is 2.26. The summed E-state index contributed by atoms with van der Waals surface area (Å²) in [7, 11) is 2.02. The molecular weight excluding hydrogens is 361 g/mol. The zero-order chi connectivity index (χ0) is 20.1. The lowest BCUT2D eigenvalue weighted by Gasteiger charge is -2.28. The monoisotopic (exact) mass is 383 g/mol. The van der Waals surface area contributed by atoms with Gasteiger partial charge in [0.1, 0.15) is 5.82 Å². The molecule has 1 aliphatic rings. The maximum Gasteiger partial charge on any atom is 0.255 e. The van der Waals surface area contributed by atoms with Crippen LogP contribution >= 0.6 is 0 Å². The van der Waals surface area contributed by atoms with Gasteiger partial charge < -0.3 is 15.5 Å². The van der Waals surface area contributed by atoms with Gasteiger partial charge >= 0.3 is 0 Å². The molecule has 2 aromatic carbocycles. The predicted octanol–water partition coefficient (Wildman–Crippen LogP) is 3.17. The average molecular weight is 383 g/mol. The van der Waals surface area contributed by atoms with Crippen molar-refractivity contribution in [1.29, 1.82) is 0 Å². The van der Waals surface area contributed by atoms with Crippen LogP contribution in [0.2, 0.25) is 0 Å². The topological polar surface area (TPSA) is 78.5 Å². The first-order chi connectivity index (χ1) is 13.5. The number of carbonyl (C=O) groups excluding carboxylic acids is 3. The molecule has 146 valence electrons. The molecule has 1 aliphatic heterocycles. The second kappa shape index (κ2) is 8.75. The molecule has 0 unspecified atom stereocenters. The SMILES string of the molecule is CN1CCC(C(=O)c2cc(NC(=O)c3ccc(F)cc3)ccc2NC=O)CC1. The molecule has 0 spiro atoms. The number of piperidine rings is 1. The number of likely N-dealkylation sites (tertiary alicyclic amines) is 1. The number of anilines is 2. The molecule has 1 fully saturated rings. The fourth-order valence-electron chi connectivity index (χ4n) is 3.31. The Morgan fingerprint density at radius 1 is 1.11 bits per heavy atom. The lowest BCUT2D eigenvalue weighted by atomic mass is 9.88. The number of nitrogens with one attached hydrogen (secondary N) is 2. The number of ketones is 1. The Morgan fingerprint density at radius 3 is 2.43 bits per heavy atom. The first kappa shape index (κ1) is 19.7. The Hall–Kier alpha value is -3.06. The molecule has 2 N–H and O–H groups in total. The quantitative estimate of drug-likeness (QED) is 0.593. The van der Waals surface area contributed by atoms with Crippen LogP contribution in [-0.4, -0.2) is 43.1 Å². The molecule has 2 aromatic rings. The van der Waals surface area contributed by atoms with Gasteiger partial charge in [0.05, 0.1) is 5.69 Å². The van der Waals surface area contributed by atoms with E-state index in [1.807, 2.05) is 7.05 Å². The van der Waals surface area contributed by atoms with E-state index in [1.165, 1.54) is 24.3 Å². The molecule has 0 aliphatic carbocycles. The van der Waals surface area contributed by atoms with Crippen LogP contribution in [0, 0.1) is 11.7 Å². The van der Waals surface area contributed by atoms with Crippen molar-refractivity contribution in [2.24, 2.45) is 5.92 Å². The van der Waals surface area contributed by atoms with Crippen LogP contribution in [0.1, 0.15) is 33.6 Å². The van der Waals surface area contributed by atoms with Crippen molar-refractivity contribution in [2.45, 2.75) is 12.8 Å². The summed E-state index contributed by atoms with van der Waals surface area (Å²) in [6.07, 6.45) is 2.03. The minimum atomic E-state index is -0.424. The van der Waals surface area contributed by atoms with Crippen molar-refractivity contribution in [3.8, 4) is 0 Å². The number of Topliss-reactive ketones (excluding diaryl/α,β-unsaturated/α-hetero) is 1. The molecule has 0 bridgehead atoms. The minimum Gasteiger partial charge on any atom is -0.328 e. The van der Waals surface area contributed by atoms with Gasteiger partial charge in [0.15, 0.2) is 5.78 Å². The van der Waals surface area contributed by atoms with Gasteiger partial charge in [-0.25, -0.2) is 4.39 Å². The predicted molar refractivity (Wildman–Crippen MR) is 105 cm³/mol. The van der Waals surface area contributed by atoms with Crippen LogP contribution < -0.4 is 10.6 Å². The van der Waals surface area contributed by atoms with Crippen LogP contribution in [-0.2, 0) is 4.79 Å². The molecule has 2 amide bonds. The Labute approximate surface area is 162 Å². The number of benzene rings is 2. The number of nitrogens with zero attached hydrogens (tertiary/aromatic N) is 1. The van der Waals surface area contributed by atoms with Gasteiger partial charge in [0, 0.05) is 22.7 Å². The van der Waals surface area contributed by atoms with Gasteiger partial charge in [-0.3, -0.25) is 14.4 Å². The van der Waals surface area contributed by atoms with Gasteiger partial charge in [-0.1, -0.05) is 0 Å². The van der Waals surface area contributed by atoms with Crippen LogP contribution in [0.5, 0.6) is 0 Å². The Morgan fingerprint density at radius 2 is 1.79 bits per heavy atom. The minimum absolute atomic E-state index is 0.0460. The summed E-state index contributed by atoms with van der Waals surface area (Å²) in [5.74, 6) is -0.998. The number of rotatable bonds is 6. The van der Waals surface area contributed by atoms with E-state index in [-0.39, 0.29) is 11.7 Å². The first-order valence-electron chi connectivity index (χ1n) is 9.12. The lowest BCUT2D eigenvalue weighted by Crippen LogP contribution is -2.33. The van der Waals surface area contributed by atoms with E-state index in [4.69, 9.17) is 0 Å². The summed E-state index contributed by atoms with van der Waals surface area (Å²) in [4.78, 5) is 38.5. The highest BCUT2D eigenvalue weighted by atomic mass is 19.1. The summed E-state index contributed by atoms with van der Waals surface area (Å²) in [6.45, 7) is 1.68. The van der Waals surface area contributed by atoms with Gasteiger partial charge in [-0.15, -0.1) is 0 Å². The van der Waals surface area contributed by atoms with E-state index >= 15 is 0 Å². The van der Waals surface area contributed by atoms with Crippen LogP contribution in [0.15, 0.2) is 42.5 Å². The third-order valence-corrected chi connectivity index (χ3v) is 4.95. The van der Waals surface area contributed by atoms with Gasteiger partial charge in [-0.05, 0) is 75.4 Å². The Kier molecular flexibility index (Phi) is 6.16. The Balaban J connectivity index is 1.82. The molecule has 0 radical (unpaired) electrons. The number of carbonyl (C=O) groups is 3. The van der Waals surface area contributed by atoms with Crippen LogP contribution in [0.4, 0.5) is 15.8 Å². The number of hydrogen-bond donors (Lipinski definition) is 2. The Bertz CT molecular complexity index is 875. The standard InChI is InChI=1S/C21H22FN3O3/c1-25-10-8-14(9-11-25)20(27)18-12-17(6-7-19(18)23-13-26)24-21(28)15-2-4-16(22)5-3-15/h2-7,12-14H,8-11H2,1H3,(H,23,26)(H,24,28). The summed E-state index contributed by atoms with van der Waals surface area (Å²) < 4.78 is 13.0. The average Bonchev–Trinajstić information content (AvgIpc) is 2.70. The molecule has 3 rings (SSSR count). The summed E-state index contributed by atoms with van der Waals surface area (Å²) in [5.41, 5.74) is 1.53. The van der Waals surface area contributed by atoms with E-state index in [9.17, 15) is 18.8 Å². The van der Waals surface area contributed by atoms with Crippen LogP contribution in [0.3, 0.4) is 0 Å². The number of halogens is 1. The normalized spacial score (nSPS) is 15.1. The van der Waals surface area contributed by atoms with E-state index < -0.39 is 11.7 Å². The highest BCUT2D eigenvalue weighted by molar-refractivity contribution is 6.08. The van der Waals surface area contributed by atoms with Gasteiger partial charge in [0.25, 0.3) is 5.91 Å². The van der Waals surface area contributed by atoms with Crippen molar-refractivity contribution in [3.05, 3.63) is 59.4 Å². The molecule has 0 aromatic heterocycles. The van der Waals surface area contributed by atoms with Crippen molar-refractivity contribution in [1.82, 2.24) is 4.90 Å². The maximum absolute atomic E-state index is 13.0. The second-order valence-electron chi connectivity index (χ2n) is 6.93. The zero-order valence-electron chi connectivity index (χ0n) is 15.6. The third-order valence-electron chi connectivity index (χ3n) is 4.95. The van der Waals surface area contributed by atoms with Crippen LogP contribution in [0.25, 0.3) is 0 Å². The largest absolute Gasteiger partial charge is 0.328 e. The summed E-state index contributed by atoms with van der Waals surface area (Å²) >= 11 is 0. The molecule has 28 heavy (non-hydrogen) atoms. The van der Waals surface area contributed by atoms with Crippen molar-refractivity contribution >= 4 is 29.5 Å². The molecule has 7 heteroatoms. The molecule has 0 saturated carbocycles. The van der Waals surface area contributed by atoms with Crippen molar-refractivity contribution in [2.75, 3.05) is 30.8 Å². The number of amides is 2. The fraction of sp³-hybridized carbons (Fsp3) is 0.286. The smallest absolute Gasteiger partial charge is 0.255 e. The van der Waals surface area contributed by atoms with Gasteiger partial charge in [-0.2, -0.15) is 0 Å². The highest BCUT2D eigenvalue weighted by Crippen LogP contribution is 2.28. The molecule has 0 atom stereocenters. The van der Waals surface area contributed by atoms with E-state index in [0.29, 0.717) is 28.9 Å². The number of hydrogen-bond acceptors (Lipinski definition) is 4. The summed E-state index contributed by atoms with van der Waals surface area (Å²) in [5, 5.41) is 5.27. The lowest BCUT2D eigenvalue weighted by molar-refractivity contribution is -0.105. The first-order valence-corrected chi connectivity index (χ1v) is 9.12. The molecule has 1 saturated heterocycles.